The smallest absolute Gasteiger partial charge is 0.334 e. The lowest BCUT2D eigenvalue weighted by Gasteiger charge is -2.18. The summed E-state index contributed by atoms with van der Waals surface area (Å²) in [5.41, 5.74) is 2.06. The molecule has 0 saturated heterocycles. The highest BCUT2D eigenvalue weighted by atomic mass is 16.5. The Kier molecular flexibility index (Phi) is 3.29. The number of ether oxygens (including phenoxy) is 1. The van der Waals surface area contributed by atoms with Crippen molar-refractivity contribution < 1.29 is 9.53 Å². The summed E-state index contributed by atoms with van der Waals surface area (Å²) < 4.78 is 4.68. The molecule has 0 radical (unpaired) electrons. The molecule has 1 aliphatic rings. The first-order chi connectivity index (χ1) is 5.79. The number of carbonyl (C=O) groups is 1. The third-order valence-corrected chi connectivity index (χ3v) is 2.19. The number of nitrogens with one attached hydrogen (secondary N) is 1. The van der Waals surface area contributed by atoms with Crippen molar-refractivity contribution in [2.75, 3.05) is 20.2 Å². The Morgan fingerprint density at radius 3 is 3.00 bits per heavy atom. The van der Waals surface area contributed by atoms with Gasteiger partial charge >= 0.3 is 5.97 Å². The first-order valence-electron chi connectivity index (χ1n) is 4.29. The van der Waals surface area contributed by atoms with E-state index >= 15 is 0 Å². The Labute approximate surface area is 72.8 Å². The highest BCUT2D eigenvalue weighted by molar-refractivity contribution is 5.90. The maximum absolute atomic E-state index is 11.2. The van der Waals surface area contributed by atoms with Crippen LogP contribution >= 0.6 is 0 Å². The largest absolute Gasteiger partial charge is 0.466 e. The molecule has 0 spiro atoms. The first-order valence-corrected chi connectivity index (χ1v) is 4.29. The second kappa shape index (κ2) is 4.26. The van der Waals surface area contributed by atoms with Crippen LogP contribution in [-0.2, 0) is 9.53 Å². The zero-order chi connectivity index (χ0) is 8.97. The van der Waals surface area contributed by atoms with Crippen LogP contribution in [0, 0.1) is 0 Å². The van der Waals surface area contributed by atoms with Crippen LogP contribution in [-0.4, -0.2) is 26.2 Å². The molecule has 1 N–H and O–H groups in total. The quantitative estimate of drug-likeness (QED) is 0.623. The zero-order valence-electron chi connectivity index (χ0n) is 7.64. The fraction of sp³-hybridized carbons (Fsp3) is 0.667. The van der Waals surface area contributed by atoms with Gasteiger partial charge in [0.2, 0.25) is 0 Å². The monoisotopic (exact) mass is 169 g/mol. The standard InChI is InChI=1S/C9H15NO2/c1-3-7-4-5-10-6-8(7)9(11)12-2/h10H,3-6H2,1-2H3. The lowest BCUT2D eigenvalue weighted by molar-refractivity contribution is -0.136. The van der Waals surface area contributed by atoms with Crippen LogP contribution < -0.4 is 5.32 Å². The second-order valence-corrected chi connectivity index (χ2v) is 2.85. The fourth-order valence-electron chi connectivity index (χ4n) is 1.46. The molecule has 68 valence electrons. The molecule has 0 fully saturated rings. The van der Waals surface area contributed by atoms with Crippen LogP contribution in [0.25, 0.3) is 0 Å². The van der Waals surface area contributed by atoms with Crippen molar-refractivity contribution in [3.05, 3.63) is 11.1 Å². The number of hydrogen-bond donors (Lipinski definition) is 1. The molecule has 0 bridgehead atoms. The van der Waals surface area contributed by atoms with E-state index in [9.17, 15) is 4.79 Å². The summed E-state index contributed by atoms with van der Waals surface area (Å²) in [5.74, 6) is -0.181. The molecule has 0 atom stereocenters. The molecule has 0 aromatic heterocycles. The number of esters is 1. The van der Waals surface area contributed by atoms with E-state index in [1.54, 1.807) is 0 Å². The van der Waals surface area contributed by atoms with Crippen LogP contribution in [0.5, 0.6) is 0 Å². The number of hydrogen-bond acceptors (Lipinski definition) is 3. The Hall–Kier alpha value is -0.830. The third kappa shape index (κ3) is 1.85. The summed E-state index contributed by atoms with van der Waals surface area (Å²) in [6, 6.07) is 0. The normalized spacial score (nSPS) is 17.8. The van der Waals surface area contributed by atoms with Gasteiger partial charge in [0, 0.05) is 6.54 Å². The summed E-state index contributed by atoms with van der Waals surface area (Å²) in [6.45, 7) is 3.71. The number of methoxy groups -OCH3 is 1. The van der Waals surface area contributed by atoms with Crippen LogP contribution in [0.1, 0.15) is 19.8 Å². The summed E-state index contributed by atoms with van der Waals surface area (Å²) in [4.78, 5) is 11.2. The van der Waals surface area contributed by atoms with E-state index in [1.165, 1.54) is 12.7 Å². The van der Waals surface area contributed by atoms with Crippen molar-refractivity contribution in [1.29, 1.82) is 0 Å². The van der Waals surface area contributed by atoms with Gasteiger partial charge in [-0.2, -0.15) is 0 Å². The molecular formula is C9H15NO2. The number of carbonyl (C=O) groups excluding carboxylic acids is 1. The van der Waals surface area contributed by atoms with Crippen LogP contribution in [0.2, 0.25) is 0 Å². The summed E-state index contributed by atoms with van der Waals surface area (Å²) >= 11 is 0. The van der Waals surface area contributed by atoms with Crippen molar-refractivity contribution in [3.63, 3.8) is 0 Å². The van der Waals surface area contributed by atoms with Gasteiger partial charge in [-0.05, 0) is 19.4 Å². The van der Waals surface area contributed by atoms with Gasteiger partial charge in [-0.15, -0.1) is 0 Å². The predicted molar refractivity (Wildman–Crippen MR) is 46.8 cm³/mol. The van der Waals surface area contributed by atoms with E-state index in [-0.39, 0.29) is 5.97 Å². The Morgan fingerprint density at radius 2 is 2.42 bits per heavy atom. The van der Waals surface area contributed by atoms with Crippen molar-refractivity contribution >= 4 is 5.97 Å². The Balaban J connectivity index is 2.79. The summed E-state index contributed by atoms with van der Waals surface area (Å²) in [6.07, 6.45) is 1.92. The maximum atomic E-state index is 11.2. The molecule has 0 amide bonds. The van der Waals surface area contributed by atoms with Crippen LogP contribution in [0.3, 0.4) is 0 Å². The van der Waals surface area contributed by atoms with Crippen molar-refractivity contribution in [3.8, 4) is 0 Å². The SMILES string of the molecule is CCC1=C(C(=O)OC)CNCC1. The molecule has 0 aromatic carbocycles. The second-order valence-electron chi connectivity index (χ2n) is 2.85. The van der Waals surface area contributed by atoms with Gasteiger partial charge in [-0.1, -0.05) is 12.5 Å². The Bertz CT molecular complexity index is 209. The molecule has 1 rings (SSSR count). The van der Waals surface area contributed by atoms with E-state index in [4.69, 9.17) is 0 Å². The Morgan fingerprint density at radius 1 is 1.67 bits per heavy atom. The van der Waals surface area contributed by atoms with Gasteiger partial charge in [0.15, 0.2) is 0 Å². The summed E-state index contributed by atoms with van der Waals surface area (Å²) in [7, 11) is 1.43. The van der Waals surface area contributed by atoms with Gasteiger partial charge in [0.05, 0.1) is 12.7 Å². The van der Waals surface area contributed by atoms with Gasteiger partial charge in [0.1, 0.15) is 0 Å². The van der Waals surface area contributed by atoms with Gasteiger partial charge in [-0.3, -0.25) is 0 Å². The average molecular weight is 169 g/mol. The lowest BCUT2D eigenvalue weighted by Crippen LogP contribution is -2.29. The minimum Gasteiger partial charge on any atom is -0.466 e. The van der Waals surface area contributed by atoms with Crippen molar-refractivity contribution in [2.24, 2.45) is 0 Å². The maximum Gasteiger partial charge on any atom is 0.334 e. The average Bonchev–Trinajstić information content (AvgIpc) is 2.16. The summed E-state index contributed by atoms with van der Waals surface area (Å²) in [5, 5.41) is 3.16. The van der Waals surface area contributed by atoms with E-state index in [0.717, 1.165) is 25.0 Å². The minimum atomic E-state index is -0.181. The first kappa shape index (κ1) is 9.26. The molecule has 1 aliphatic heterocycles. The van der Waals surface area contributed by atoms with Crippen molar-refractivity contribution in [2.45, 2.75) is 19.8 Å². The lowest BCUT2D eigenvalue weighted by atomic mass is 9.99. The minimum absolute atomic E-state index is 0.181. The molecule has 0 aliphatic carbocycles. The van der Waals surface area contributed by atoms with Crippen LogP contribution in [0.15, 0.2) is 11.1 Å². The molecule has 3 nitrogen and oxygen atoms in total. The molecule has 1 heterocycles. The number of rotatable bonds is 2. The van der Waals surface area contributed by atoms with E-state index in [2.05, 4.69) is 17.0 Å². The van der Waals surface area contributed by atoms with Crippen molar-refractivity contribution in [1.82, 2.24) is 5.32 Å². The predicted octanol–water partition coefficient (Wildman–Crippen LogP) is 0.859. The van der Waals surface area contributed by atoms with Gasteiger partial charge in [0.25, 0.3) is 0 Å². The van der Waals surface area contributed by atoms with E-state index in [1.807, 2.05) is 0 Å². The molecule has 0 unspecified atom stereocenters. The highest BCUT2D eigenvalue weighted by Crippen LogP contribution is 2.16. The van der Waals surface area contributed by atoms with Gasteiger partial charge in [-0.25, -0.2) is 4.79 Å². The van der Waals surface area contributed by atoms with Crippen LogP contribution in [0.4, 0.5) is 0 Å². The molecule has 12 heavy (non-hydrogen) atoms. The van der Waals surface area contributed by atoms with E-state index < -0.39 is 0 Å². The van der Waals surface area contributed by atoms with Gasteiger partial charge < -0.3 is 10.1 Å². The topological polar surface area (TPSA) is 38.3 Å². The fourth-order valence-corrected chi connectivity index (χ4v) is 1.46. The molecule has 0 saturated carbocycles. The third-order valence-electron chi connectivity index (χ3n) is 2.19. The molecular weight excluding hydrogens is 154 g/mol. The highest BCUT2D eigenvalue weighted by Gasteiger charge is 2.17. The zero-order valence-corrected chi connectivity index (χ0v) is 7.64. The molecule has 3 heteroatoms. The molecule has 0 aromatic rings. The van der Waals surface area contributed by atoms with E-state index in [0.29, 0.717) is 6.54 Å².